The van der Waals surface area contributed by atoms with E-state index in [0.29, 0.717) is 17.7 Å². The number of ether oxygens (including phenoxy) is 1. The monoisotopic (exact) mass is 329 g/mol. The average Bonchev–Trinajstić information content (AvgIpc) is 3.04. The third-order valence-corrected chi connectivity index (χ3v) is 3.38. The smallest absolute Gasteiger partial charge is 0.325 e. The highest BCUT2D eigenvalue weighted by Gasteiger charge is 2.09. The van der Waals surface area contributed by atoms with Crippen LogP contribution in [0.25, 0.3) is 0 Å². The first-order valence-corrected chi connectivity index (χ1v) is 7.37. The zero-order chi connectivity index (χ0) is 17.5. The van der Waals surface area contributed by atoms with Gasteiger partial charge in [-0.3, -0.25) is 14.4 Å². The van der Waals surface area contributed by atoms with Gasteiger partial charge in [0.1, 0.15) is 6.54 Å². The summed E-state index contributed by atoms with van der Waals surface area (Å²) >= 11 is 0. The number of hydrogen-bond acceptors (Lipinski definition) is 4. The highest BCUT2D eigenvalue weighted by molar-refractivity contribution is 5.96. The molecule has 3 N–H and O–H groups in total. The lowest BCUT2D eigenvalue weighted by atomic mass is 10.1. The van der Waals surface area contributed by atoms with Gasteiger partial charge in [0.2, 0.25) is 0 Å². The Hall–Kier alpha value is -3.09. The van der Waals surface area contributed by atoms with Crippen LogP contribution in [-0.4, -0.2) is 36.4 Å². The van der Waals surface area contributed by atoms with Crippen molar-refractivity contribution in [1.29, 1.82) is 0 Å². The Morgan fingerprint density at radius 1 is 1.04 bits per heavy atom. The zero-order valence-electron chi connectivity index (χ0n) is 13.5. The number of carbonyl (C=O) groups excluding carboxylic acids is 3. The van der Waals surface area contributed by atoms with Crippen molar-refractivity contribution in [2.24, 2.45) is 0 Å². The van der Waals surface area contributed by atoms with Gasteiger partial charge >= 0.3 is 5.97 Å². The maximum atomic E-state index is 11.9. The predicted octanol–water partition coefficient (Wildman–Crippen LogP) is 1.16. The van der Waals surface area contributed by atoms with Crippen LogP contribution in [0.5, 0.6) is 0 Å². The maximum Gasteiger partial charge on any atom is 0.325 e. The summed E-state index contributed by atoms with van der Waals surface area (Å²) in [4.78, 5) is 37.7. The molecule has 126 valence electrons. The largest absolute Gasteiger partial charge is 0.468 e. The van der Waals surface area contributed by atoms with Crippen molar-refractivity contribution in [1.82, 2.24) is 15.6 Å². The zero-order valence-corrected chi connectivity index (χ0v) is 13.5. The summed E-state index contributed by atoms with van der Waals surface area (Å²) in [7, 11) is 1.26. The van der Waals surface area contributed by atoms with Crippen LogP contribution in [-0.2, 0) is 16.1 Å². The molecule has 7 heteroatoms. The Kier molecular flexibility index (Phi) is 5.73. The van der Waals surface area contributed by atoms with Crippen molar-refractivity contribution in [3.8, 4) is 0 Å². The molecule has 0 aliphatic carbocycles. The van der Waals surface area contributed by atoms with Gasteiger partial charge in [-0.25, -0.2) is 0 Å². The second-order valence-corrected chi connectivity index (χ2v) is 5.21. The minimum absolute atomic E-state index is 0.167. The molecule has 2 rings (SSSR count). The molecule has 0 fully saturated rings. The van der Waals surface area contributed by atoms with Gasteiger partial charge in [-0.1, -0.05) is 12.1 Å². The molecule has 1 aromatic heterocycles. The molecule has 0 spiro atoms. The number of benzene rings is 1. The topological polar surface area (TPSA) is 100 Å². The third-order valence-electron chi connectivity index (χ3n) is 3.38. The molecule has 2 aromatic rings. The Morgan fingerprint density at radius 3 is 2.29 bits per heavy atom. The first-order valence-electron chi connectivity index (χ1n) is 7.37. The second-order valence-electron chi connectivity index (χ2n) is 5.21. The number of rotatable bonds is 6. The van der Waals surface area contributed by atoms with Crippen molar-refractivity contribution >= 4 is 17.8 Å². The summed E-state index contributed by atoms with van der Waals surface area (Å²) in [6, 6.07) is 8.53. The lowest BCUT2D eigenvalue weighted by Crippen LogP contribution is -2.30. The fourth-order valence-electron chi connectivity index (χ4n) is 2.02. The first kappa shape index (κ1) is 17.3. The predicted molar refractivity (Wildman–Crippen MR) is 87.5 cm³/mol. The van der Waals surface area contributed by atoms with Gasteiger partial charge in [0, 0.05) is 24.0 Å². The minimum atomic E-state index is -0.511. The first-order chi connectivity index (χ1) is 11.5. The lowest BCUT2D eigenvalue weighted by Gasteiger charge is -2.06. The molecule has 0 unspecified atom stereocenters. The molecular formula is C17H19N3O4. The summed E-state index contributed by atoms with van der Waals surface area (Å²) in [5, 5.41) is 5.26. The van der Waals surface area contributed by atoms with E-state index in [1.807, 2.05) is 6.92 Å². The number of aryl methyl sites for hydroxylation is 1. The van der Waals surface area contributed by atoms with E-state index < -0.39 is 5.97 Å². The van der Waals surface area contributed by atoms with E-state index in [0.717, 1.165) is 11.3 Å². The van der Waals surface area contributed by atoms with E-state index in [-0.39, 0.29) is 18.4 Å². The summed E-state index contributed by atoms with van der Waals surface area (Å²) in [5.74, 6) is -1.04. The molecule has 0 bridgehead atoms. The Morgan fingerprint density at radius 2 is 1.71 bits per heavy atom. The van der Waals surface area contributed by atoms with Crippen LogP contribution in [0.2, 0.25) is 0 Å². The molecule has 0 aliphatic heterocycles. The minimum Gasteiger partial charge on any atom is -0.468 e. The maximum absolute atomic E-state index is 11.9. The molecule has 0 saturated heterocycles. The molecule has 1 heterocycles. The molecule has 0 aliphatic rings. The van der Waals surface area contributed by atoms with Gasteiger partial charge in [-0.2, -0.15) is 0 Å². The van der Waals surface area contributed by atoms with Gasteiger partial charge in [0.15, 0.2) is 0 Å². The van der Waals surface area contributed by atoms with E-state index in [4.69, 9.17) is 0 Å². The molecule has 0 radical (unpaired) electrons. The number of nitrogens with one attached hydrogen (secondary N) is 3. The van der Waals surface area contributed by atoms with Gasteiger partial charge in [-0.05, 0) is 30.7 Å². The highest BCUT2D eigenvalue weighted by Crippen LogP contribution is 2.06. The van der Waals surface area contributed by atoms with Gasteiger partial charge in [-0.15, -0.1) is 0 Å². The van der Waals surface area contributed by atoms with Crippen LogP contribution < -0.4 is 10.6 Å². The van der Waals surface area contributed by atoms with Crippen molar-refractivity contribution in [3.05, 3.63) is 58.9 Å². The number of amides is 2. The number of H-pyrrole nitrogens is 1. The SMILES string of the molecule is COC(=O)CNC(=O)c1ccc(CNC(=O)c2c[nH]c(C)c2)cc1. The Balaban J connectivity index is 1.86. The number of aromatic amines is 1. The van der Waals surface area contributed by atoms with Crippen molar-refractivity contribution in [2.45, 2.75) is 13.5 Å². The molecule has 2 amide bonds. The molecular weight excluding hydrogens is 310 g/mol. The Labute approximate surface area is 139 Å². The van der Waals surface area contributed by atoms with E-state index >= 15 is 0 Å². The molecule has 0 saturated carbocycles. The van der Waals surface area contributed by atoms with Gasteiger partial charge in [0.25, 0.3) is 11.8 Å². The summed E-state index contributed by atoms with van der Waals surface area (Å²) < 4.78 is 4.45. The quantitative estimate of drug-likeness (QED) is 0.692. The van der Waals surface area contributed by atoms with E-state index in [2.05, 4.69) is 20.4 Å². The average molecular weight is 329 g/mol. The van der Waals surface area contributed by atoms with Crippen LogP contribution in [0.3, 0.4) is 0 Å². The van der Waals surface area contributed by atoms with Crippen molar-refractivity contribution in [3.63, 3.8) is 0 Å². The summed E-state index contributed by atoms with van der Waals surface area (Å²) in [5.41, 5.74) is 2.78. The van der Waals surface area contributed by atoms with Crippen LogP contribution in [0.1, 0.15) is 32.0 Å². The number of esters is 1. The summed E-state index contributed by atoms with van der Waals surface area (Å²) in [6.45, 7) is 2.05. The fourth-order valence-corrected chi connectivity index (χ4v) is 2.02. The number of carbonyl (C=O) groups is 3. The van der Waals surface area contributed by atoms with Crippen LogP contribution in [0.15, 0.2) is 36.5 Å². The number of hydrogen-bond donors (Lipinski definition) is 3. The van der Waals surface area contributed by atoms with Crippen LogP contribution in [0, 0.1) is 6.92 Å². The second kappa shape index (κ2) is 7.96. The Bertz CT molecular complexity index is 735. The number of aromatic nitrogens is 1. The molecule has 7 nitrogen and oxygen atoms in total. The standard InChI is InChI=1S/C17H19N3O4/c1-11-7-14(9-18-11)17(23)19-8-12-3-5-13(6-4-12)16(22)20-10-15(21)24-2/h3-7,9,18H,8,10H2,1-2H3,(H,19,23)(H,20,22). The lowest BCUT2D eigenvalue weighted by molar-refractivity contribution is -0.139. The van der Waals surface area contributed by atoms with Gasteiger partial charge < -0.3 is 20.4 Å². The van der Waals surface area contributed by atoms with Crippen molar-refractivity contribution < 1.29 is 19.1 Å². The summed E-state index contributed by atoms with van der Waals surface area (Å²) in [6.07, 6.45) is 1.65. The van der Waals surface area contributed by atoms with E-state index in [9.17, 15) is 14.4 Å². The van der Waals surface area contributed by atoms with Crippen LogP contribution >= 0.6 is 0 Å². The number of methoxy groups -OCH3 is 1. The third kappa shape index (κ3) is 4.70. The fraction of sp³-hybridized carbons (Fsp3) is 0.235. The molecule has 24 heavy (non-hydrogen) atoms. The molecule has 0 atom stereocenters. The van der Waals surface area contributed by atoms with Crippen molar-refractivity contribution in [2.75, 3.05) is 13.7 Å². The van der Waals surface area contributed by atoms with Gasteiger partial charge in [0.05, 0.1) is 12.7 Å². The normalized spacial score (nSPS) is 10.1. The van der Waals surface area contributed by atoms with E-state index in [1.165, 1.54) is 7.11 Å². The molecule has 1 aromatic carbocycles. The van der Waals surface area contributed by atoms with E-state index in [1.54, 1.807) is 36.5 Å². The van der Waals surface area contributed by atoms with Crippen LogP contribution in [0.4, 0.5) is 0 Å². The highest BCUT2D eigenvalue weighted by atomic mass is 16.5.